The van der Waals surface area contributed by atoms with Crippen LogP contribution in [0, 0.1) is 0 Å². The van der Waals surface area contributed by atoms with E-state index in [1.165, 1.54) is 0 Å². The van der Waals surface area contributed by atoms with Crippen molar-refractivity contribution >= 4 is 5.91 Å². The quantitative estimate of drug-likeness (QED) is 0.703. The summed E-state index contributed by atoms with van der Waals surface area (Å²) in [6.07, 6.45) is 0.0900. The van der Waals surface area contributed by atoms with Crippen molar-refractivity contribution < 1.29 is 14.3 Å². The molecular formula is C12H22N2O3. The number of hydrogen-bond donors (Lipinski definition) is 1. The molecule has 1 N–H and O–H groups in total. The lowest BCUT2D eigenvalue weighted by molar-refractivity contribution is -0.162. The Balaban J connectivity index is 1.98. The summed E-state index contributed by atoms with van der Waals surface area (Å²) in [7, 11) is 0. The smallest absolute Gasteiger partial charge is 0.242 e. The minimum Gasteiger partial charge on any atom is -0.378 e. The zero-order chi connectivity index (χ0) is 12.5. The lowest BCUT2D eigenvalue weighted by atomic mass is 10.0. The number of nitrogens with zero attached hydrogens (tertiary/aromatic N) is 1. The molecule has 2 fully saturated rings. The maximum absolute atomic E-state index is 12.3. The van der Waals surface area contributed by atoms with Gasteiger partial charge in [0, 0.05) is 19.6 Å². The second-order valence-electron chi connectivity index (χ2n) is 5.49. The van der Waals surface area contributed by atoms with Crippen molar-refractivity contribution in [3.8, 4) is 0 Å². The average Bonchev–Trinajstić information content (AvgIpc) is 2.26. The van der Waals surface area contributed by atoms with Crippen LogP contribution in [0.5, 0.6) is 0 Å². The van der Waals surface area contributed by atoms with E-state index in [4.69, 9.17) is 9.47 Å². The molecule has 0 radical (unpaired) electrons. The predicted octanol–water partition coefficient (Wildman–Crippen LogP) is 0.000700. The normalized spacial score (nSPS) is 33.5. The van der Waals surface area contributed by atoms with Gasteiger partial charge in [0.1, 0.15) is 6.04 Å². The van der Waals surface area contributed by atoms with E-state index in [1.807, 2.05) is 25.7 Å². The van der Waals surface area contributed by atoms with Gasteiger partial charge in [-0.25, -0.2) is 0 Å². The highest BCUT2D eigenvalue weighted by molar-refractivity contribution is 5.82. The summed E-state index contributed by atoms with van der Waals surface area (Å²) in [5.74, 6) is 0.132. The minimum absolute atomic E-state index is 0.0900. The maximum atomic E-state index is 12.3. The largest absolute Gasteiger partial charge is 0.378 e. The molecule has 1 amide bonds. The van der Waals surface area contributed by atoms with E-state index >= 15 is 0 Å². The molecule has 0 bridgehead atoms. The maximum Gasteiger partial charge on any atom is 0.242 e. The minimum atomic E-state index is -0.261. The molecule has 2 heterocycles. The van der Waals surface area contributed by atoms with Crippen LogP contribution in [-0.4, -0.2) is 61.4 Å². The van der Waals surface area contributed by atoms with Crippen LogP contribution in [0.15, 0.2) is 0 Å². The Morgan fingerprint density at radius 1 is 1.47 bits per heavy atom. The van der Waals surface area contributed by atoms with Crippen LogP contribution in [0.1, 0.15) is 20.8 Å². The average molecular weight is 242 g/mol. The zero-order valence-corrected chi connectivity index (χ0v) is 10.9. The molecule has 2 saturated heterocycles. The van der Waals surface area contributed by atoms with Gasteiger partial charge < -0.3 is 19.7 Å². The number of carbonyl (C=O) groups excluding carboxylic acids is 1. The van der Waals surface area contributed by atoms with Crippen LogP contribution in [0.4, 0.5) is 0 Å². The van der Waals surface area contributed by atoms with Crippen LogP contribution in [0.2, 0.25) is 0 Å². The van der Waals surface area contributed by atoms with Gasteiger partial charge in [0.15, 0.2) is 0 Å². The van der Waals surface area contributed by atoms with Crippen molar-refractivity contribution in [2.24, 2.45) is 0 Å². The highest BCUT2D eigenvalue weighted by atomic mass is 16.5. The predicted molar refractivity (Wildman–Crippen MR) is 63.8 cm³/mol. The Morgan fingerprint density at radius 2 is 2.24 bits per heavy atom. The Hall–Kier alpha value is -0.650. The van der Waals surface area contributed by atoms with Crippen molar-refractivity contribution in [2.75, 3.05) is 32.8 Å². The summed E-state index contributed by atoms with van der Waals surface area (Å²) in [5.41, 5.74) is -0.261. The number of nitrogens with one attached hydrogen (secondary N) is 1. The summed E-state index contributed by atoms with van der Waals surface area (Å²) in [6, 6.07) is -0.190. The molecule has 0 saturated carbocycles. The van der Waals surface area contributed by atoms with E-state index in [0.29, 0.717) is 26.3 Å². The molecule has 2 atom stereocenters. The first-order chi connectivity index (χ1) is 7.98. The standard InChI is InChI=1S/C12H22N2O3/c1-9-6-14(8-12(2,3)17-9)11(15)10-7-16-5-4-13-10/h9-10,13H,4-8H2,1-3H3/t9-,10+/m1/s1. The Bertz CT molecular complexity index is 287. The van der Waals surface area contributed by atoms with Crippen LogP contribution < -0.4 is 5.32 Å². The van der Waals surface area contributed by atoms with Gasteiger partial charge in [-0.3, -0.25) is 4.79 Å². The first-order valence-corrected chi connectivity index (χ1v) is 6.26. The van der Waals surface area contributed by atoms with Gasteiger partial charge >= 0.3 is 0 Å². The number of ether oxygens (including phenoxy) is 2. The van der Waals surface area contributed by atoms with Gasteiger partial charge in [-0.1, -0.05) is 0 Å². The summed E-state index contributed by atoms with van der Waals surface area (Å²) >= 11 is 0. The fourth-order valence-corrected chi connectivity index (χ4v) is 2.57. The summed E-state index contributed by atoms with van der Waals surface area (Å²) in [4.78, 5) is 14.2. The molecule has 17 heavy (non-hydrogen) atoms. The third-order valence-corrected chi connectivity index (χ3v) is 3.10. The van der Waals surface area contributed by atoms with E-state index in [0.717, 1.165) is 6.54 Å². The monoisotopic (exact) mass is 242 g/mol. The third-order valence-electron chi connectivity index (χ3n) is 3.10. The summed E-state index contributed by atoms with van der Waals surface area (Å²) < 4.78 is 11.1. The van der Waals surface area contributed by atoms with E-state index in [2.05, 4.69) is 5.32 Å². The molecule has 5 nitrogen and oxygen atoms in total. The van der Waals surface area contributed by atoms with E-state index < -0.39 is 0 Å². The van der Waals surface area contributed by atoms with E-state index in [1.54, 1.807) is 0 Å². The SMILES string of the molecule is C[C@@H]1CN(C(=O)[C@@H]2COCCN2)CC(C)(C)O1. The van der Waals surface area contributed by atoms with Crippen LogP contribution in [-0.2, 0) is 14.3 Å². The second-order valence-corrected chi connectivity index (χ2v) is 5.49. The molecule has 2 aliphatic rings. The number of hydrogen-bond acceptors (Lipinski definition) is 4. The fraction of sp³-hybridized carbons (Fsp3) is 0.917. The van der Waals surface area contributed by atoms with Crippen LogP contribution >= 0.6 is 0 Å². The fourth-order valence-electron chi connectivity index (χ4n) is 2.57. The molecular weight excluding hydrogens is 220 g/mol. The molecule has 98 valence electrons. The van der Waals surface area contributed by atoms with E-state index in [9.17, 15) is 4.79 Å². The topological polar surface area (TPSA) is 50.8 Å². The van der Waals surface area contributed by atoms with E-state index in [-0.39, 0.29) is 23.7 Å². The first kappa shape index (κ1) is 12.8. The lowest BCUT2D eigenvalue weighted by Gasteiger charge is -2.43. The molecule has 0 aliphatic carbocycles. The van der Waals surface area contributed by atoms with Gasteiger partial charge in [-0.15, -0.1) is 0 Å². The highest BCUT2D eigenvalue weighted by Crippen LogP contribution is 2.21. The molecule has 5 heteroatoms. The van der Waals surface area contributed by atoms with Crippen molar-refractivity contribution in [1.29, 1.82) is 0 Å². The molecule has 0 aromatic carbocycles. The van der Waals surface area contributed by atoms with Gasteiger partial charge in [0.2, 0.25) is 5.91 Å². The van der Waals surface area contributed by atoms with Crippen molar-refractivity contribution in [1.82, 2.24) is 10.2 Å². The Labute approximate surface area is 102 Å². The number of rotatable bonds is 1. The molecule has 2 aliphatic heterocycles. The van der Waals surface area contributed by atoms with Gasteiger partial charge in [0.05, 0.1) is 24.9 Å². The van der Waals surface area contributed by atoms with Crippen molar-refractivity contribution in [3.63, 3.8) is 0 Å². The lowest BCUT2D eigenvalue weighted by Crippen LogP contribution is -2.59. The van der Waals surface area contributed by atoms with Gasteiger partial charge in [-0.05, 0) is 20.8 Å². The van der Waals surface area contributed by atoms with Crippen LogP contribution in [0.25, 0.3) is 0 Å². The highest BCUT2D eigenvalue weighted by Gasteiger charge is 2.36. The number of carbonyl (C=O) groups is 1. The first-order valence-electron chi connectivity index (χ1n) is 6.26. The van der Waals surface area contributed by atoms with Crippen molar-refractivity contribution in [3.05, 3.63) is 0 Å². The second kappa shape index (κ2) is 4.92. The van der Waals surface area contributed by atoms with Crippen LogP contribution in [0.3, 0.4) is 0 Å². The molecule has 0 aromatic rings. The summed E-state index contributed by atoms with van der Waals surface area (Å²) in [6.45, 7) is 9.28. The molecule has 0 unspecified atom stereocenters. The van der Waals surface area contributed by atoms with Gasteiger partial charge in [-0.2, -0.15) is 0 Å². The molecule has 0 spiro atoms. The third kappa shape index (κ3) is 3.18. The summed E-state index contributed by atoms with van der Waals surface area (Å²) in [5, 5.41) is 3.20. The van der Waals surface area contributed by atoms with Gasteiger partial charge in [0.25, 0.3) is 0 Å². The molecule has 0 aromatic heterocycles. The Kier molecular flexibility index (Phi) is 3.70. The number of morpholine rings is 2. The van der Waals surface area contributed by atoms with Crippen molar-refractivity contribution in [2.45, 2.75) is 38.5 Å². The number of amides is 1. The Morgan fingerprint density at radius 3 is 2.82 bits per heavy atom. The zero-order valence-electron chi connectivity index (χ0n) is 10.9. The molecule has 2 rings (SSSR count).